The molecule has 0 saturated heterocycles. The van der Waals surface area contributed by atoms with Crippen molar-refractivity contribution in [2.45, 2.75) is 39.0 Å². The second-order valence-corrected chi connectivity index (χ2v) is 3.49. The monoisotopic (exact) mass is 183 g/mol. The van der Waals surface area contributed by atoms with Crippen LogP contribution in [-0.2, 0) is 0 Å². The van der Waals surface area contributed by atoms with E-state index in [9.17, 15) is 0 Å². The normalized spacial score (nSPS) is 21.2. The molecule has 2 N–H and O–H groups in total. The first-order chi connectivity index (χ1) is 6.29. The van der Waals surface area contributed by atoms with Gasteiger partial charge in [0.25, 0.3) is 0 Å². The Morgan fingerprint density at radius 3 is 2.77 bits per heavy atom. The van der Waals surface area contributed by atoms with Crippen molar-refractivity contribution < 1.29 is 10.3 Å². The lowest BCUT2D eigenvalue weighted by Crippen LogP contribution is -2.11. The highest BCUT2D eigenvalue weighted by Gasteiger charge is 2.15. The molecule has 0 bridgehead atoms. The zero-order chi connectivity index (χ0) is 9.68. The maximum Gasteiger partial charge on any atom is 0.0827 e. The van der Waals surface area contributed by atoms with Gasteiger partial charge in [-0.1, -0.05) is 10.7 Å². The highest BCUT2D eigenvalue weighted by molar-refractivity contribution is 6.01. The van der Waals surface area contributed by atoms with Gasteiger partial charge in [0.15, 0.2) is 0 Å². The minimum Gasteiger partial charge on any atom is -0.411 e. The van der Waals surface area contributed by atoms with Crippen molar-refractivity contribution in [1.29, 1.82) is 0 Å². The predicted octanol–water partition coefficient (Wildman–Crippen LogP) is 2.09. The van der Waals surface area contributed by atoms with Crippen LogP contribution in [-0.4, -0.2) is 22.6 Å². The fraction of sp³-hybridized carbons (Fsp3) is 0.700. The summed E-state index contributed by atoms with van der Waals surface area (Å²) in [7, 11) is 0. The standard InChI is InChI=1S/C10H17NO2/c1-8-4-2-6-10(11-13)9(8)5-3-7-12/h12-13H,2-7H2,1H3. The lowest BCUT2D eigenvalue weighted by atomic mass is 9.88. The number of aliphatic hydroxyl groups is 1. The Hall–Kier alpha value is -0.830. The molecular formula is C10H17NO2. The number of hydrogen-bond donors (Lipinski definition) is 2. The maximum absolute atomic E-state index is 8.77. The molecule has 0 aromatic heterocycles. The van der Waals surface area contributed by atoms with E-state index in [-0.39, 0.29) is 6.61 Å². The van der Waals surface area contributed by atoms with Crippen LogP contribution < -0.4 is 0 Å². The molecule has 0 heterocycles. The second-order valence-electron chi connectivity index (χ2n) is 3.49. The first-order valence-electron chi connectivity index (χ1n) is 4.80. The Balaban J connectivity index is 2.72. The van der Waals surface area contributed by atoms with Gasteiger partial charge >= 0.3 is 0 Å². The summed E-state index contributed by atoms with van der Waals surface area (Å²) in [6, 6.07) is 0. The van der Waals surface area contributed by atoms with Gasteiger partial charge in [-0.15, -0.1) is 0 Å². The van der Waals surface area contributed by atoms with Crippen molar-refractivity contribution in [2.75, 3.05) is 6.61 Å². The lowest BCUT2D eigenvalue weighted by Gasteiger charge is -2.18. The summed E-state index contributed by atoms with van der Waals surface area (Å²) in [5.41, 5.74) is 3.28. The summed E-state index contributed by atoms with van der Waals surface area (Å²) >= 11 is 0. The third kappa shape index (κ3) is 2.56. The van der Waals surface area contributed by atoms with Crippen molar-refractivity contribution >= 4 is 5.71 Å². The number of allylic oxidation sites excluding steroid dienone is 2. The maximum atomic E-state index is 8.77. The van der Waals surface area contributed by atoms with E-state index in [1.165, 1.54) is 5.57 Å². The van der Waals surface area contributed by atoms with Crippen LogP contribution >= 0.6 is 0 Å². The van der Waals surface area contributed by atoms with E-state index in [4.69, 9.17) is 10.3 Å². The molecule has 0 atom stereocenters. The molecule has 0 aromatic carbocycles. The largest absolute Gasteiger partial charge is 0.411 e. The quantitative estimate of drug-likeness (QED) is 0.520. The van der Waals surface area contributed by atoms with Crippen LogP contribution in [0.15, 0.2) is 16.3 Å². The minimum absolute atomic E-state index is 0.204. The van der Waals surface area contributed by atoms with E-state index in [0.29, 0.717) is 0 Å². The molecule has 0 saturated carbocycles. The van der Waals surface area contributed by atoms with E-state index in [1.807, 2.05) is 0 Å². The van der Waals surface area contributed by atoms with Gasteiger partial charge in [0.2, 0.25) is 0 Å². The zero-order valence-corrected chi connectivity index (χ0v) is 8.08. The van der Waals surface area contributed by atoms with Crippen LogP contribution in [0.1, 0.15) is 39.0 Å². The van der Waals surface area contributed by atoms with Gasteiger partial charge in [-0.2, -0.15) is 0 Å². The van der Waals surface area contributed by atoms with Crippen LogP contribution in [0.4, 0.5) is 0 Å². The molecule has 1 aliphatic rings. The molecule has 3 nitrogen and oxygen atoms in total. The molecule has 74 valence electrons. The van der Waals surface area contributed by atoms with E-state index in [2.05, 4.69) is 12.1 Å². The summed E-state index contributed by atoms with van der Waals surface area (Å²) in [5, 5.41) is 20.8. The third-order valence-electron chi connectivity index (χ3n) is 2.53. The Kier molecular flexibility index (Phi) is 3.96. The first-order valence-corrected chi connectivity index (χ1v) is 4.80. The highest BCUT2D eigenvalue weighted by atomic mass is 16.4. The lowest BCUT2D eigenvalue weighted by molar-refractivity contribution is 0.288. The Labute approximate surface area is 78.8 Å². The van der Waals surface area contributed by atoms with E-state index >= 15 is 0 Å². The average molecular weight is 183 g/mol. The molecular weight excluding hydrogens is 166 g/mol. The van der Waals surface area contributed by atoms with Crippen LogP contribution in [0.5, 0.6) is 0 Å². The summed E-state index contributed by atoms with van der Waals surface area (Å²) in [5.74, 6) is 0. The molecule has 0 spiro atoms. The van der Waals surface area contributed by atoms with Crippen LogP contribution in [0.2, 0.25) is 0 Å². The van der Waals surface area contributed by atoms with Crippen molar-refractivity contribution in [2.24, 2.45) is 5.16 Å². The van der Waals surface area contributed by atoms with Gasteiger partial charge in [0.05, 0.1) is 5.71 Å². The Bertz CT molecular complexity index is 231. The van der Waals surface area contributed by atoms with Gasteiger partial charge in [-0.05, 0) is 44.6 Å². The number of nitrogens with zero attached hydrogens (tertiary/aromatic N) is 1. The van der Waals surface area contributed by atoms with E-state index in [1.54, 1.807) is 0 Å². The molecule has 0 radical (unpaired) electrons. The van der Waals surface area contributed by atoms with Crippen molar-refractivity contribution in [1.82, 2.24) is 0 Å². The van der Waals surface area contributed by atoms with Crippen LogP contribution in [0, 0.1) is 0 Å². The molecule has 0 fully saturated rings. The summed E-state index contributed by atoms with van der Waals surface area (Å²) in [4.78, 5) is 0. The molecule has 0 unspecified atom stereocenters. The summed E-state index contributed by atoms with van der Waals surface area (Å²) in [6.07, 6.45) is 4.63. The third-order valence-corrected chi connectivity index (χ3v) is 2.53. The number of aliphatic hydroxyl groups excluding tert-OH is 1. The number of rotatable bonds is 3. The molecule has 0 aromatic rings. The molecule has 0 aliphatic heterocycles. The molecule has 0 amide bonds. The molecule has 1 aliphatic carbocycles. The molecule has 1 rings (SSSR count). The number of oxime groups is 1. The van der Waals surface area contributed by atoms with E-state index in [0.717, 1.165) is 43.4 Å². The second kappa shape index (κ2) is 5.02. The summed E-state index contributed by atoms with van der Waals surface area (Å²) in [6.45, 7) is 2.28. The van der Waals surface area contributed by atoms with E-state index < -0.39 is 0 Å². The van der Waals surface area contributed by atoms with Gasteiger partial charge in [-0.3, -0.25) is 0 Å². The predicted molar refractivity (Wildman–Crippen MR) is 52.1 cm³/mol. The smallest absolute Gasteiger partial charge is 0.0827 e. The van der Waals surface area contributed by atoms with Gasteiger partial charge in [0, 0.05) is 6.61 Å². The van der Waals surface area contributed by atoms with Crippen LogP contribution in [0.25, 0.3) is 0 Å². The Morgan fingerprint density at radius 2 is 2.15 bits per heavy atom. The molecule has 3 heteroatoms. The van der Waals surface area contributed by atoms with Gasteiger partial charge < -0.3 is 10.3 Å². The molecule has 13 heavy (non-hydrogen) atoms. The Morgan fingerprint density at radius 1 is 1.38 bits per heavy atom. The van der Waals surface area contributed by atoms with Crippen molar-refractivity contribution in [3.63, 3.8) is 0 Å². The fourth-order valence-corrected chi connectivity index (χ4v) is 1.79. The minimum atomic E-state index is 0.204. The zero-order valence-electron chi connectivity index (χ0n) is 8.08. The topological polar surface area (TPSA) is 52.8 Å². The summed E-state index contributed by atoms with van der Waals surface area (Å²) < 4.78 is 0. The number of hydrogen-bond acceptors (Lipinski definition) is 3. The van der Waals surface area contributed by atoms with Crippen molar-refractivity contribution in [3.8, 4) is 0 Å². The SMILES string of the molecule is CC1=C(CCCO)C(=NO)CCC1. The highest BCUT2D eigenvalue weighted by Crippen LogP contribution is 2.25. The fourth-order valence-electron chi connectivity index (χ4n) is 1.79. The first kappa shape index (κ1) is 10.3. The van der Waals surface area contributed by atoms with Crippen molar-refractivity contribution in [3.05, 3.63) is 11.1 Å². The average Bonchev–Trinajstić information content (AvgIpc) is 2.15. The van der Waals surface area contributed by atoms with Gasteiger partial charge in [-0.25, -0.2) is 0 Å². The van der Waals surface area contributed by atoms with Gasteiger partial charge in [0.1, 0.15) is 0 Å². The van der Waals surface area contributed by atoms with Crippen LogP contribution in [0.3, 0.4) is 0 Å².